The molecule has 144 valence electrons. The van der Waals surface area contributed by atoms with E-state index < -0.39 is 0 Å². The third-order valence-corrected chi connectivity index (χ3v) is 4.35. The van der Waals surface area contributed by atoms with Crippen molar-refractivity contribution in [2.45, 2.75) is 46.6 Å². The zero-order valence-electron chi connectivity index (χ0n) is 16.5. The van der Waals surface area contributed by atoms with Gasteiger partial charge < -0.3 is 10.6 Å². The van der Waals surface area contributed by atoms with Crippen molar-refractivity contribution in [2.24, 2.45) is 4.99 Å². The maximum absolute atomic E-state index is 4.49. The van der Waals surface area contributed by atoms with Gasteiger partial charge in [-0.15, -0.1) is 24.0 Å². The normalized spacial score (nSPS) is 12.4. The van der Waals surface area contributed by atoms with Gasteiger partial charge in [-0.3, -0.25) is 9.67 Å². The standard InChI is InChI=1S/C20H31N5.HI/c1-15-8-6-9-19(12-15)16(2)14-23-20(21-5)22-10-7-11-25-18(4)13-17(3)24-25;/h6,8-9,12-13,16H,7,10-11,14H2,1-5H3,(H2,21,22,23);1H. The monoisotopic (exact) mass is 469 g/mol. The molecule has 0 radical (unpaired) electrons. The summed E-state index contributed by atoms with van der Waals surface area (Å²) in [7, 11) is 1.81. The number of rotatable bonds is 7. The van der Waals surface area contributed by atoms with E-state index in [0.29, 0.717) is 5.92 Å². The van der Waals surface area contributed by atoms with Crippen molar-refractivity contribution >= 4 is 29.9 Å². The predicted octanol–water partition coefficient (Wildman–Crippen LogP) is 3.79. The van der Waals surface area contributed by atoms with Crippen molar-refractivity contribution < 1.29 is 0 Å². The highest BCUT2D eigenvalue weighted by molar-refractivity contribution is 14.0. The quantitative estimate of drug-likeness (QED) is 0.281. The molecule has 5 nitrogen and oxygen atoms in total. The SMILES string of the molecule is CN=C(NCCCn1nc(C)cc1C)NCC(C)c1cccc(C)c1.I. The lowest BCUT2D eigenvalue weighted by Gasteiger charge is -2.17. The average Bonchev–Trinajstić information content (AvgIpc) is 2.91. The van der Waals surface area contributed by atoms with E-state index in [1.165, 1.54) is 16.8 Å². The van der Waals surface area contributed by atoms with Gasteiger partial charge in [-0.2, -0.15) is 5.10 Å². The van der Waals surface area contributed by atoms with Crippen molar-refractivity contribution in [3.05, 3.63) is 52.8 Å². The van der Waals surface area contributed by atoms with Gasteiger partial charge in [0.2, 0.25) is 0 Å². The molecule has 2 rings (SSSR count). The van der Waals surface area contributed by atoms with Crippen molar-refractivity contribution in [1.29, 1.82) is 0 Å². The molecule has 0 amide bonds. The van der Waals surface area contributed by atoms with Gasteiger partial charge in [0.25, 0.3) is 0 Å². The number of aromatic nitrogens is 2. The minimum Gasteiger partial charge on any atom is -0.356 e. The van der Waals surface area contributed by atoms with Crippen molar-refractivity contribution in [3.8, 4) is 0 Å². The second-order valence-corrected chi connectivity index (χ2v) is 6.70. The minimum atomic E-state index is 0. The molecule has 1 aromatic heterocycles. The van der Waals surface area contributed by atoms with Crippen LogP contribution in [0.2, 0.25) is 0 Å². The molecule has 2 N–H and O–H groups in total. The van der Waals surface area contributed by atoms with E-state index in [1.807, 2.05) is 14.0 Å². The van der Waals surface area contributed by atoms with Gasteiger partial charge in [0, 0.05) is 32.4 Å². The molecule has 0 aliphatic heterocycles. The van der Waals surface area contributed by atoms with Gasteiger partial charge in [-0.1, -0.05) is 36.8 Å². The Bertz CT molecular complexity index is 708. The summed E-state index contributed by atoms with van der Waals surface area (Å²) in [6.45, 7) is 11.1. The number of hydrogen-bond acceptors (Lipinski definition) is 2. The number of aryl methyl sites for hydroxylation is 4. The lowest BCUT2D eigenvalue weighted by Crippen LogP contribution is -2.39. The molecule has 0 fully saturated rings. The fraction of sp³-hybridized carbons (Fsp3) is 0.500. The maximum atomic E-state index is 4.49. The zero-order valence-corrected chi connectivity index (χ0v) is 18.9. The second-order valence-electron chi connectivity index (χ2n) is 6.70. The van der Waals surface area contributed by atoms with Gasteiger partial charge >= 0.3 is 0 Å². The van der Waals surface area contributed by atoms with Crippen LogP contribution in [-0.4, -0.2) is 35.9 Å². The topological polar surface area (TPSA) is 54.2 Å². The predicted molar refractivity (Wildman–Crippen MR) is 121 cm³/mol. The van der Waals surface area contributed by atoms with Crippen LogP contribution in [0.1, 0.15) is 41.8 Å². The molecule has 0 aliphatic carbocycles. The van der Waals surface area contributed by atoms with Crippen LogP contribution in [0, 0.1) is 20.8 Å². The molecule has 1 unspecified atom stereocenters. The van der Waals surface area contributed by atoms with E-state index in [4.69, 9.17) is 0 Å². The number of nitrogens with zero attached hydrogens (tertiary/aromatic N) is 3. The van der Waals surface area contributed by atoms with E-state index >= 15 is 0 Å². The van der Waals surface area contributed by atoms with Gasteiger partial charge in [0.05, 0.1) is 5.69 Å². The number of guanidine groups is 1. The van der Waals surface area contributed by atoms with Gasteiger partial charge in [0.1, 0.15) is 0 Å². The van der Waals surface area contributed by atoms with Crippen LogP contribution in [0.5, 0.6) is 0 Å². The molecule has 0 saturated carbocycles. The highest BCUT2D eigenvalue weighted by Crippen LogP contribution is 2.15. The molecular weight excluding hydrogens is 437 g/mol. The smallest absolute Gasteiger partial charge is 0.190 e. The number of hydrogen-bond donors (Lipinski definition) is 2. The first-order valence-corrected chi connectivity index (χ1v) is 9.01. The third-order valence-electron chi connectivity index (χ3n) is 4.35. The maximum Gasteiger partial charge on any atom is 0.190 e. The molecule has 0 spiro atoms. The van der Waals surface area contributed by atoms with Crippen LogP contribution in [0.25, 0.3) is 0 Å². The van der Waals surface area contributed by atoms with Crippen molar-refractivity contribution in [1.82, 2.24) is 20.4 Å². The Hall–Kier alpha value is -1.57. The Morgan fingerprint density at radius 2 is 1.96 bits per heavy atom. The van der Waals surface area contributed by atoms with E-state index in [2.05, 4.69) is 76.5 Å². The molecular formula is C20H32IN5. The third kappa shape index (κ3) is 6.97. The highest BCUT2D eigenvalue weighted by Gasteiger charge is 2.07. The molecule has 26 heavy (non-hydrogen) atoms. The second kappa shape index (κ2) is 11.2. The summed E-state index contributed by atoms with van der Waals surface area (Å²) in [5, 5.41) is 11.3. The Morgan fingerprint density at radius 1 is 1.19 bits per heavy atom. The van der Waals surface area contributed by atoms with E-state index in [0.717, 1.165) is 37.7 Å². The first-order valence-electron chi connectivity index (χ1n) is 9.01. The number of benzene rings is 1. The number of halogens is 1. The summed E-state index contributed by atoms with van der Waals surface area (Å²) in [6, 6.07) is 10.8. The summed E-state index contributed by atoms with van der Waals surface area (Å²) in [5.74, 6) is 1.29. The molecule has 0 bridgehead atoms. The zero-order chi connectivity index (χ0) is 18.2. The van der Waals surface area contributed by atoms with Crippen LogP contribution in [0.3, 0.4) is 0 Å². The molecule has 1 aromatic carbocycles. The van der Waals surface area contributed by atoms with Crippen LogP contribution < -0.4 is 10.6 Å². The first kappa shape index (κ1) is 22.5. The molecule has 0 saturated heterocycles. The Kier molecular flexibility index (Phi) is 9.69. The average molecular weight is 469 g/mol. The van der Waals surface area contributed by atoms with E-state index in [1.54, 1.807) is 0 Å². The van der Waals surface area contributed by atoms with Crippen molar-refractivity contribution in [3.63, 3.8) is 0 Å². The van der Waals surface area contributed by atoms with E-state index in [-0.39, 0.29) is 24.0 Å². The van der Waals surface area contributed by atoms with Gasteiger partial charge in [-0.25, -0.2) is 0 Å². The lowest BCUT2D eigenvalue weighted by atomic mass is 9.99. The summed E-state index contributed by atoms with van der Waals surface area (Å²) in [5.41, 5.74) is 4.95. The lowest BCUT2D eigenvalue weighted by molar-refractivity contribution is 0.554. The Balaban J connectivity index is 0.00000338. The van der Waals surface area contributed by atoms with Crippen molar-refractivity contribution in [2.75, 3.05) is 20.1 Å². The first-order chi connectivity index (χ1) is 12.0. The summed E-state index contributed by atoms with van der Waals surface area (Å²) in [4.78, 5) is 4.31. The fourth-order valence-electron chi connectivity index (χ4n) is 2.90. The number of aliphatic imine (C=N–C) groups is 1. The highest BCUT2D eigenvalue weighted by atomic mass is 127. The molecule has 2 aromatic rings. The molecule has 0 aliphatic rings. The molecule has 6 heteroatoms. The van der Waals surface area contributed by atoms with Gasteiger partial charge in [-0.05, 0) is 44.7 Å². The van der Waals surface area contributed by atoms with Crippen LogP contribution in [-0.2, 0) is 6.54 Å². The summed E-state index contributed by atoms with van der Waals surface area (Å²) in [6.07, 6.45) is 1.01. The Morgan fingerprint density at radius 3 is 2.58 bits per heavy atom. The van der Waals surface area contributed by atoms with Crippen LogP contribution in [0.4, 0.5) is 0 Å². The summed E-state index contributed by atoms with van der Waals surface area (Å²) < 4.78 is 2.06. The molecule has 1 heterocycles. The number of nitrogens with one attached hydrogen (secondary N) is 2. The van der Waals surface area contributed by atoms with Crippen LogP contribution in [0.15, 0.2) is 35.3 Å². The van der Waals surface area contributed by atoms with Crippen LogP contribution >= 0.6 is 24.0 Å². The van der Waals surface area contributed by atoms with E-state index in [9.17, 15) is 0 Å². The van der Waals surface area contributed by atoms with Gasteiger partial charge in [0.15, 0.2) is 5.96 Å². The summed E-state index contributed by atoms with van der Waals surface area (Å²) >= 11 is 0. The molecule has 1 atom stereocenters. The fourth-order valence-corrected chi connectivity index (χ4v) is 2.90. The minimum absolute atomic E-state index is 0. The largest absolute Gasteiger partial charge is 0.356 e. The Labute approximate surface area is 174 Å².